The Morgan fingerprint density at radius 3 is 2.47 bits per heavy atom. The number of ether oxygens (including phenoxy) is 2. The monoisotopic (exact) mass is 267 g/mol. The summed E-state index contributed by atoms with van der Waals surface area (Å²) in [4.78, 5) is 10.6. The van der Waals surface area contributed by atoms with E-state index in [1.54, 1.807) is 14.2 Å². The molecule has 0 spiro atoms. The lowest BCUT2D eigenvalue weighted by molar-refractivity contribution is -0.137. The first-order valence-electron chi connectivity index (χ1n) is 6.16. The van der Waals surface area contributed by atoms with Crippen LogP contribution in [0, 0.1) is 12.8 Å². The van der Waals surface area contributed by atoms with Crippen LogP contribution in [-0.2, 0) is 4.79 Å². The van der Waals surface area contributed by atoms with Gasteiger partial charge in [-0.3, -0.25) is 4.79 Å². The van der Waals surface area contributed by atoms with Gasteiger partial charge in [-0.25, -0.2) is 0 Å². The van der Waals surface area contributed by atoms with E-state index in [9.17, 15) is 4.79 Å². The van der Waals surface area contributed by atoms with E-state index in [0.717, 1.165) is 22.7 Å². The highest BCUT2D eigenvalue weighted by molar-refractivity contribution is 5.67. The predicted octanol–water partition coefficient (Wildman–Crippen LogP) is 2.53. The Morgan fingerprint density at radius 1 is 1.32 bits per heavy atom. The molecule has 0 bridgehead atoms. The zero-order chi connectivity index (χ0) is 14.4. The molecular formula is C14H21NO4. The molecule has 1 unspecified atom stereocenters. The summed E-state index contributed by atoms with van der Waals surface area (Å²) in [6.07, 6.45) is 0.137. The highest BCUT2D eigenvalue weighted by atomic mass is 16.5. The molecular weight excluding hydrogens is 246 g/mol. The third kappa shape index (κ3) is 4.35. The van der Waals surface area contributed by atoms with Crippen molar-refractivity contribution in [2.24, 2.45) is 5.92 Å². The summed E-state index contributed by atoms with van der Waals surface area (Å²) in [5.74, 6) is 0.743. The van der Waals surface area contributed by atoms with Gasteiger partial charge in [-0.1, -0.05) is 6.92 Å². The van der Waals surface area contributed by atoms with Crippen molar-refractivity contribution in [3.63, 3.8) is 0 Å². The second-order valence-electron chi connectivity index (χ2n) is 4.61. The number of anilines is 1. The van der Waals surface area contributed by atoms with Crippen LogP contribution in [0.15, 0.2) is 12.1 Å². The third-order valence-corrected chi connectivity index (χ3v) is 2.88. The number of aliphatic carboxylic acids is 1. The minimum atomic E-state index is -0.789. The summed E-state index contributed by atoms with van der Waals surface area (Å²) in [6.45, 7) is 4.39. The molecule has 19 heavy (non-hydrogen) atoms. The van der Waals surface area contributed by atoms with E-state index < -0.39 is 5.97 Å². The van der Waals surface area contributed by atoms with Crippen LogP contribution in [0.25, 0.3) is 0 Å². The standard InChI is InChI=1S/C14H21NO4/c1-9(5-14(16)17)8-15-11-7-12(18-3)10(2)6-13(11)19-4/h6-7,9,15H,5,8H2,1-4H3,(H,16,17). The van der Waals surface area contributed by atoms with E-state index >= 15 is 0 Å². The molecule has 1 aromatic rings. The van der Waals surface area contributed by atoms with Gasteiger partial charge in [0.15, 0.2) is 0 Å². The quantitative estimate of drug-likeness (QED) is 0.794. The van der Waals surface area contributed by atoms with E-state index in [4.69, 9.17) is 14.6 Å². The first-order chi connectivity index (χ1) is 8.97. The molecule has 5 heteroatoms. The molecule has 0 fully saturated rings. The summed E-state index contributed by atoms with van der Waals surface area (Å²) in [7, 11) is 3.22. The number of carboxylic acids is 1. The molecule has 0 aliphatic heterocycles. The van der Waals surface area contributed by atoms with Gasteiger partial charge in [-0.05, 0) is 24.5 Å². The minimum Gasteiger partial charge on any atom is -0.496 e. The van der Waals surface area contributed by atoms with Gasteiger partial charge in [0.1, 0.15) is 11.5 Å². The molecule has 1 rings (SSSR count). The topological polar surface area (TPSA) is 67.8 Å². The lowest BCUT2D eigenvalue weighted by atomic mass is 10.1. The van der Waals surface area contributed by atoms with Gasteiger partial charge in [0.25, 0.3) is 0 Å². The minimum absolute atomic E-state index is 0.0366. The van der Waals surface area contributed by atoms with Crippen molar-refractivity contribution < 1.29 is 19.4 Å². The van der Waals surface area contributed by atoms with Crippen molar-refractivity contribution >= 4 is 11.7 Å². The Kier molecular flexibility index (Phi) is 5.48. The summed E-state index contributed by atoms with van der Waals surface area (Å²) in [5.41, 5.74) is 1.80. The number of hydrogen-bond donors (Lipinski definition) is 2. The molecule has 2 N–H and O–H groups in total. The normalized spacial score (nSPS) is 11.8. The molecule has 0 heterocycles. The molecule has 0 radical (unpaired) electrons. The molecule has 0 amide bonds. The van der Waals surface area contributed by atoms with Crippen molar-refractivity contribution in [1.29, 1.82) is 0 Å². The summed E-state index contributed by atoms with van der Waals surface area (Å²) >= 11 is 0. The van der Waals surface area contributed by atoms with Crippen molar-refractivity contribution in [3.8, 4) is 11.5 Å². The number of nitrogens with one attached hydrogen (secondary N) is 1. The fraction of sp³-hybridized carbons (Fsp3) is 0.500. The summed E-state index contributed by atoms with van der Waals surface area (Å²) in [6, 6.07) is 3.75. The third-order valence-electron chi connectivity index (χ3n) is 2.88. The smallest absolute Gasteiger partial charge is 0.303 e. The van der Waals surface area contributed by atoms with Gasteiger partial charge < -0.3 is 19.9 Å². The van der Waals surface area contributed by atoms with Crippen LogP contribution in [0.2, 0.25) is 0 Å². The largest absolute Gasteiger partial charge is 0.496 e. The highest BCUT2D eigenvalue weighted by Gasteiger charge is 2.11. The molecule has 1 aromatic carbocycles. The van der Waals surface area contributed by atoms with E-state index in [2.05, 4.69) is 5.32 Å². The van der Waals surface area contributed by atoms with Crippen molar-refractivity contribution in [1.82, 2.24) is 0 Å². The van der Waals surface area contributed by atoms with Crippen LogP contribution in [0.3, 0.4) is 0 Å². The fourth-order valence-corrected chi connectivity index (χ4v) is 1.84. The van der Waals surface area contributed by atoms with E-state index in [0.29, 0.717) is 6.54 Å². The Morgan fingerprint density at radius 2 is 1.95 bits per heavy atom. The number of aryl methyl sites for hydroxylation is 1. The van der Waals surface area contributed by atoms with Gasteiger partial charge in [-0.15, -0.1) is 0 Å². The molecule has 0 aromatic heterocycles. The van der Waals surface area contributed by atoms with Crippen LogP contribution < -0.4 is 14.8 Å². The molecule has 106 valence electrons. The van der Waals surface area contributed by atoms with Gasteiger partial charge >= 0.3 is 5.97 Å². The lowest BCUT2D eigenvalue weighted by Gasteiger charge is -2.16. The van der Waals surface area contributed by atoms with Crippen molar-refractivity contribution in [3.05, 3.63) is 17.7 Å². The molecule has 0 aliphatic rings. The van der Waals surface area contributed by atoms with Gasteiger partial charge in [0.2, 0.25) is 0 Å². The number of hydrogen-bond acceptors (Lipinski definition) is 4. The van der Waals surface area contributed by atoms with Gasteiger partial charge in [0.05, 0.1) is 19.9 Å². The van der Waals surface area contributed by atoms with Gasteiger partial charge in [0, 0.05) is 19.0 Å². The van der Waals surface area contributed by atoms with Crippen LogP contribution in [0.4, 0.5) is 5.69 Å². The maximum absolute atomic E-state index is 10.6. The molecule has 1 atom stereocenters. The number of methoxy groups -OCH3 is 2. The highest BCUT2D eigenvalue weighted by Crippen LogP contribution is 2.32. The zero-order valence-electron chi connectivity index (χ0n) is 11.8. The number of rotatable bonds is 7. The maximum atomic E-state index is 10.6. The molecule has 0 aliphatic carbocycles. The zero-order valence-corrected chi connectivity index (χ0v) is 11.8. The Bertz CT molecular complexity index is 445. The molecule has 0 saturated carbocycles. The first-order valence-corrected chi connectivity index (χ1v) is 6.16. The van der Waals surface area contributed by atoms with Crippen LogP contribution in [0.1, 0.15) is 18.9 Å². The number of carboxylic acid groups (broad SMARTS) is 1. The van der Waals surface area contributed by atoms with E-state index in [-0.39, 0.29) is 12.3 Å². The Hall–Kier alpha value is -1.91. The number of benzene rings is 1. The van der Waals surface area contributed by atoms with Crippen LogP contribution in [0.5, 0.6) is 11.5 Å². The molecule has 5 nitrogen and oxygen atoms in total. The van der Waals surface area contributed by atoms with Crippen LogP contribution in [-0.4, -0.2) is 31.8 Å². The average molecular weight is 267 g/mol. The Labute approximate surface area is 113 Å². The fourth-order valence-electron chi connectivity index (χ4n) is 1.84. The average Bonchev–Trinajstić information content (AvgIpc) is 2.35. The SMILES string of the molecule is COc1cc(NCC(C)CC(=O)O)c(OC)cc1C. The lowest BCUT2D eigenvalue weighted by Crippen LogP contribution is -2.15. The van der Waals surface area contributed by atoms with Crippen molar-refractivity contribution in [2.45, 2.75) is 20.3 Å². The van der Waals surface area contributed by atoms with Crippen molar-refractivity contribution in [2.75, 3.05) is 26.1 Å². The second kappa shape index (κ2) is 6.87. The number of carbonyl (C=O) groups is 1. The second-order valence-corrected chi connectivity index (χ2v) is 4.61. The first kappa shape index (κ1) is 15.1. The Balaban J connectivity index is 2.79. The van der Waals surface area contributed by atoms with E-state index in [1.807, 2.05) is 26.0 Å². The maximum Gasteiger partial charge on any atom is 0.303 e. The van der Waals surface area contributed by atoms with Gasteiger partial charge in [-0.2, -0.15) is 0 Å². The van der Waals surface area contributed by atoms with E-state index in [1.165, 1.54) is 0 Å². The summed E-state index contributed by atoms with van der Waals surface area (Å²) in [5, 5.41) is 11.9. The summed E-state index contributed by atoms with van der Waals surface area (Å²) < 4.78 is 10.6. The molecule has 0 saturated heterocycles. The predicted molar refractivity (Wildman–Crippen MR) is 74.2 cm³/mol. The van der Waals surface area contributed by atoms with Crippen LogP contribution >= 0.6 is 0 Å².